The van der Waals surface area contributed by atoms with Crippen molar-refractivity contribution in [2.45, 2.75) is 25.7 Å². The summed E-state index contributed by atoms with van der Waals surface area (Å²) in [6, 6.07) is 5.67. The number of H-pyrrole nitrogens is 1. The summed E-state index contributed by atoms with van der Waals surface area (Å²) in [5.74, 6) is 1.87. The highest BCUT2D eigenvalue weighted by molar-refractivity contribution is 7.18. The molecular formula is C22H22N2O3S. The predicted molar refractivity (Wildman–Crippen MR) is 114 cm³/mol. The summed E-state index contributed by atoms with van der Waals surface area (Å²) in [7, 11) is 1.61. The van der Waals surface area contributed by atoms with Crippen LogP contribution < -0.4 is 15.0 Å². The standard InChI is InChI=1S/C22H22N2O3S/c1-3-12-27-16-10-8-14(13-17(16)26-2)9-11-19-23-21(25)20-15-6-4-5-7-18(15)28-22(20)24-19/h3,8-11,13H,1,4-7,12H2,2H3,(H,23,24,25)/b11-9+. The van der Waals surface area contributed by atoms with Gasteiger partial charge in [-0.15, -0.1) is 11.3 Å². The van der Waals surface area contributed by atoms with Crippen molar-refractivity contribution >= 4 is 33.7 Å². The molecule has 1 aliphatic rings. The quantitative estimate of drug-likeness (QED) is 0.620. The number of aromatic nitrogens is 2. The number of hydrogen-bond donors (Lipinski definition) is 1. The number of nitrogens with one attached hydrogen (secondary N) is 1. The molecule has 0 amide bonds. The van der Waals surface area contributed by atoms with E-state index in [1.165, 1.54) is 16.9 Å². The fourth-order valence-corrected chi connectivity index (χ4v) is 4.76. The maximum atomic E-state index is 12.6. The second kappa shape index (κ2) is 8.02. The summed E-state index contributed by atoms with van der Waals surface area (Å²) in [6.07, 6.45) is 9.79. The molecule has 2 heterocycles. The molecule has 0 unspecified atom stereocenters. The minimum Gasteiger partial charge on any atom is -0.493 e. The van der Waals surface area contributed by atoms with Gasteiger partial charge in [-0.25, -0.2) is 4.98 Å². The van der Waals surface area contributed by atoms with Gasteiger partial charge in [0.05, 0.1) is 12.5 Å². The van der Waals surface area contributed by atoms with E-state index in [2.05, 4.69) is 16.5 Å². The molecule has 4 rings (SSSR count). The lowest BCUT2D eigenvalue weighted by Gasteiger charge is -2.09. The van der Waals surface area contributed by atoms with Gasteiger partial charge in [0.2, 0.25) is 0 Å². The van der Waals surface area contributed by atoms with E-state index in [1.807, 2.05) is 30.4 Å². The Kier molecular flexibility index (Phi) is 5.30. The molecule has 5 nitrogen and oxygen atoms in total. The molecule has 144 valence electrons. The number of fused-ring (bicyclic) bond motifs is 3. The zero-order valence-electron chi connectivity index (χ0n) is 15.8. The molecule has 2 aromatic heterocycles. The number of methoxy groups -OCH3 is 1. The largest absolute Gasteiger partial charge is 0.493 e. The van der Waals surface area contributed by atoms with Gasteiger partial charge in [-0.3, -0.25) is 4.79 Å². The van der Waals surface area contributed by atoms with Crippen molar-refractivity contribution in [3.05, 3.63) is 63.0 Å². The Morgan fingerprint density at radius 2 is 2.11 bits per heavy atom. The third kappa shape index (κ3) is 3.60. The van der Waals surface area contributed by atoms with Crippen LogP contribution in [0.2, 0.25) is 0 Å². The summed E-state index contributed by atoms with van der Waals surface area (Å²) in [5, 5.41) is 0.780. The number of thiophene rings is 1. The van der Waals surface area contributed by atoms with Crippen molar-refractivity contribution < 1.29 is 9.47 Å². The van der Waals surface area contributed by atoms with E-state index >= 15 is 0 Å². The molecule has 0 bridgehead atoms. The molecule has 0 spiro atoms. The van der Waals surface area contributed by atoms with Crippen LogP contribution in [-0.2, 0) is 12.8 Å². The first-order valence-electron chi connectivity index (χ1n) is 9.34. The lowest BCUT2D eigenvalue weighted by molar-refractivity contribution is 0.326. The number of benzene rings is 1. The van der Waals surface area contributed by atoms with Crippen molar-refractivity contribution in [3.8, 4) is 11.5 Å². The molecule has 1 N–H and O–H groups in total. The third-order valence-electron chi connectivity index (χ3n) is 4.82. The van der Waals surface area contributed by atoms with Crippen molar-refractivity contribution in [2.75, 3.05) is 13.7 Å². The summed E-state index contributed by atoms with van der Waals surface area (Å²) in [4.78, 5) is 22.4. The van der Waals surface area contributed by atoms with Crippen LogP contribution in [0.4, 0.5) is 0 Å². The van der Waals surface area contributed by atoms with Gasteiger partial charge >= 0.3 is 0 Å². The molecule has 0 saturated carbocycles. The maximum absolute atomic E-state index is 12.6. The molecule has 0 saturated heterocycles. The van der Waals surface area contributed by atoms with Crippen LogP contribution in [0.1, 0.15) is 34.7 Å². The smallest absolute Gasteiger partial charge is 0.260 e. The topological polar surface area (TPSA) is 64.2 Å². The van der Waals surface area contributed by atoms with E-state index in [0.29, 0.717) is 23.9 Å². The van der Waals surface area contributed by atoms with E-state index in [1.54, 1.807) is 24.5 Å². The molecule has 28 heavy (non-hydrogen) atoms. The maximum Gasteiger partial charge on any atom is 0.260 e. The Morgan fingerprint density at radius 1 is 1.25 bits per heavy atom. The van der Waals surface area contributed by atoms with Crippen LogP contribution in [-0.4, -0.2) is 23.7 Å². The van der Waals surface area contributed by atoms with Gasteiger partial charge in [0.25, 0.3) is 5.56 Å². The van der Waals surface area contributed by atoms with E-state index in [9.17, 15) is 4.79 Å². The molecule has 0 aliphatic heterocycles. The zero-order valence-corrected chi connectivity index (χ0v) is 16.6. The molecule has 3 aromatic rings. The molecule has 6 heteroatoms. The van der Waals surface area contributed by atoms with Crippen molar-refractivity contribution in [1.82, 2.24) is 9.97 Å². The number of aromatic amines is 1. The summed E-state index contributed by atoms with van der Waals surface area (Å²) in [6.45, 7) is 4.07. The first-order chi connectivity index (χ1) is 13.7. The SMILES string of the molecule is C=CCOc1ccc(/C=C/c2nc3sc4c(c3c(=O)[nH]2)CCCC4)cc1OC. The Morgan fingerprint density at radius 3 is 2.93 bits per heavy atom. The van der Waals surface area contributed by atoms with Crippen LogP contribution in [0.25, 0.3) is 22.4 Å². The molecule has 0 atom stereocenters. The van der Waals surface area contributed by atoms with Gasteiger partial charge in [-0.1, -0.05) is 24.8 Å². The van der Waals surface area contributed by atoms with Crippen LogP contribution >= 0.6 is 11.3 Å². The van der Waals surface area contributed by atoms with E-state index in [0.717, 1.165) is 35.0 Å². The fourth-order valence-electron chi connectivity index (χ4n) is 3.49. The van der Waals surface area contributed by atoms with Crippen molar-refractivity contribution in [2.24, 2.45) is 0 Å². The van der Waals surface area contributed by atoms with Gasteiger partial charge in [0.1, 0.15) is 17.3 Å². The number of nitrogens with zero attached hydrogens (tertiary/aromatic N) is 1. The monoisotopic (exact) mass is 394 g/mol. The first-order valence-corrected chi connectivity index (χ1v) is 10.2. The molecule has 1 aliphatic carbocycles. The Balaban J connectivity index is 1.63. The van der Waals surface area contributed by atoms with E-state index < -0.39 is 0 Å². The minimum atomic E-state index is -0.0465. The highest BCUT2D eigenvalue weighted by Gasteiger charge is 2.19. The average molecular weight is 394 g/mol. The Hall–Kier alpha value is -2.86. The average Bonchev–Trinajstić information content (AvgIpc) is 3.09. The van der Waals surface area contributed by atoms with Gasteiger partial charge in [0.15, 0.2) is 11.5 Å². The number of hydrogen-bond acceptors (Lipinski definition) is 5. The van der Waals surface area contributed by atoms with Crippen LogP contribution in [0.5, 0.6) is 11.5 Å². The first kappa shape index (κ1) is 18.5. The fraction of sp³-hybridized carbons (Fsp3) is 0.273. The minimum absolute atomic E-state index is 0.0465. The second-order valence-corrected chi connectivity index (χ2v) is 7.77. The molecule has 1 aromatic carbocycles. The lowest BCUT2D eigenvalue weighted by Crippen LogP contribution is -2.11. The van der Waals surface area contributed by atoms with Crippen LogP contribution in [0.15, 0.2) is 35.6 Å². The van der Waals surface area contributed by atoms with E-state index in [4.69, 9.17) is 9.47 Å². The number of aryl methyl sites for hydroxylation is 2. The van der Waals surface area contributed by atoms with Gasteiger partial charge in [0, 0.05) is 4.88 Å². The van der Waals surface area contributed by atoms with E-state index in [-0.39, 0.29) is 5.56 Å². The molecule has 0 radical (unpaired) electrons. The third-order valence-corrected chi connectivity index (χ3v) is 6.01. The van der Waals surface area contributed by atoms with Crippen LogP contribution in [0, 0.1) is 0 Å². The highest BCUT2D eigenvalue weighted by Crippen LogP contribution is 2.33. The van der Waals surface area contributed by atoms with Crippen molar-refractivity contribution in [1.29, 1.82) is 0 Å². The normalized spacial score (nSPS) is 13.6. The van der Waals surface area contributed by atoms with Gasteiger partial charge in [-0.2, -0.15) is 0 Å². The summed E-state index contributed by atoms with van der Waals surface area (Å²) in [5.41, 5.74) is 2.08. The highest BCUT2D eigenvalue weighted by atomic mass is 32.1. The molecular weight excluding hydrogens is 372 g/mol. The number of ether oxygens (including phenoxy) is 2. The van der Waals surface area contributed by atoms with Gasteiger partial charge < -0.3 is 14.5 Å². The zero-order chi connectivity index (χ0) is 19.5. The molecule has 0 fully saturated rings. The summed E-state index contributed by atoms with van der Waals surface area (Å²) < 4.78 is 11.0. The number of rotatable bonds is 6. The second-order valence-electron chi connectivity index (χ2n) is 6.69. The lowest BCUT2D eigenvalue weighted by atomic mass is 9.97. The summed E-state index contributed by atoms with van der Waals surface area (Å²) >= 11 is 1.66. The Labute approximate surface area is 167 Å². The van der Waals surface area contributed by atoms with Gasteiger partial charge in [-0.05, 0) is 55.0 Å². The van der Waals surface area contributed by atoms with Crippen LogP contribution in [0.3, 0.4) is 0 Å². The predicted octanol–water partition coefficient (Wildman–Crippen LogP) is 4.61. The Bertz CT molecular complexity index is 1110. The van der Waals surface area contributed by atoms with Crippen molar-refractivity contribution in [3.63, 3.8) is 0 Å².